The SMILES string of the molecule is CCC1COCCN1c1nc(-c2ccc(Nc3nc(Br)cc(=O)[nH]3)cc2)nc2c1CCN(c1ncccn1)C2. The van der Waals surface area contributed by atoms with Crippen molar-refractivity contribution in [2.45, 2.75) is 32.4 Å². The molecule has 0 amide bonds. The van der Waals surface area contributed by atoms with Gasteiger partial charge < -0.3 is 19.9 Å². The van der Waals surface area contributed by atoms with Crippen LogP contribution in [0.1, 0.15) is 24.6 Å². The Bertz CT molecular complexity index is 1510. The topological polar surface area (TPSA) is 125 Å². The normalized spacial score (nSPS) is 17.1. The molecule has 5 heterocycles. The summed E-state index contributed by atoms with van der Waals surface area (Å²) in [5.74, 6) is 2.73. The van der Waals surface area contributed by atoms with E-state index in [0.29, 0.717) is 42.1 Å². The van der Waals surface area contributed by atoms with Crippen molar-refractivity contribution < 1.29 is 4.74 Å². The lowest BCUT2D eigenvalue weighted by Crippen LogP contribution is -2.47. The summed E-state index contributed by atoms with van der Waals surface area (Å²) in [6.07, 6.45) is 5.33. The lowest BCUT2D eigenvalue weighted by Gasteiger charge is -2.39. The minimum absolute atomic E-state index is 0.241. The smallest absolute Gasteiger partial charge is 0.253 e. The zero-order valence-corrected chi connectivity index (χ0v) is 23.1. The molecule has 0 bridgehead atoms. The van der Waals surface area contributed by atoms with Gasteiger partial charge in [0.05, 0.1) is 31.5 Å². The molecule has 2 N–H and O–H groups in total. The summed E-state index contributed by atoms with van der Waals surface area (Å²) in [6.45, 7) is 5.79. The first kappa shape index (κ1) is 25.4. The van der Waals surface area contributed by atoms with Crippen LogP contribution in [0.25, 0.3) is 11.4 Å². The second-order valence-electron chi connectivity index (χ2n) is 9.47. The molecule has 4 aromatic rings. The largest absolute Gasteiger partial charge is 0.377 e. The summed E-state index contributed by atoms with van der Waals surface area (Å²) in [6, 6.07) is 11.3. The summed E-state index contributed by atoms with van der Waals surface area (Å²) in [5.41, 5.74) is 3.62. The minimum Gasteiger partial charge on any atom is -0.377 e. The molecular formula is C27H28BrN9O2. The summed E-state index contributed by atoms with van der Waals surface area (Å²) in [5, 5.41) is 3.13. The fourth-order valence-electron chi connectivity index (χ4n) is 5.00. The zero-order chi connectivity index (χ0) is 26.8. The molecule has 0 aliphatic carbocycles. The van der Waals surface area contributed by atoms with Gasteiger partial charge in [-0.1, -0.05) is 6.92 Å². The van der Waals surface area contributed by atoms with Crippen LogP contribution < -0.4 is 20.7 Å². The Morgan fingerprint density at radius 2 is 1.95 bits per heavy atom. The molecule has 3 aromatic heterocycles. The van der Waals surface area contributed by atoms with Gasteiger partial charge in [0.25, 0.3) is 5.56 Å². The second-order valence-corrected chi connectivity index (χ2v) is 10.3. The number of nitrogens with zero attached hydrogens (tertiary/aromatic N) is 7. The maximum atomic E-state index is 11.8. The van der Waals surface area contributed by atoms with E-state index < -0.39 is 0 Å². The van der Waals surface area contributed by atoms with Gasteiger partial charge in [-0.05, 0) is 59.1 Å². The van der Waals surface area contributed by atoms with Crippen LogP contribution >= 0.6 is 15.9 Å². The summed E-state index contributed by atoms with van der Waals surface area (Å²) in [4.78, 5) is 42.4. The zero-order valence-electron chi connectivity index (χ0n) is 21.5. The van der Waals surface area contributed by atoms with Crippen LogP contribution in [0.15, 0.2) is 58.2 Å². The standard InChI is InChI=1S/C27H28BrN9O2/c1-2-19-16-39-13-12-37(19)25-20-8-11-36(27-29-9-3-10-30-27)15-21(20)32-24(35-25)17-4-6-18(7-5-17)31-26-33-22(28)14-23(38)34-26/h3-7,9-10,14,19H,2,8,11-13,15-16H2,1H3,(H2,31,33,34,38). The van der Waals surface area contributed by atoms with Crippen LogP contribution in [0, 0.1) is 0 Å². The van der Waals surface area contributed by atoms with E-state index in [0.717, 1.165) is 48.7 Å². The van der Waals surface area contributed by atoms with E-state index in [1.165, 1.54) is 11.6 Å². The number of aromatic amines is 1. The Hall–Kier alpha value is -3.90. The van der Waals surface area contributed by atoms with Crippen LogP contribution in [0.4, 0.5) is 23.4 Å². The van der Waals surface area contributed by atoms with E-state index in [1.54, 1.807) is 12.4 Å². The number of hydrogen-bond acceptors (Lipinski definition) is 10. The maximum absolute atomic E-state index is 11.8. The first-order valence-electron chi connectivity index (χ1n) is 13.0. The Labute approximate surface area is 233 Å². The number of anilines is 4. The molecule has 11 nitrogen and oxygen atoms in total. The fourth-order valence-corrected chi connectivity index (χ4v) is 5.39. The molecule has 1 unspecified atom stereocenters. The lowest BCUT2D eigenvalue weighted by molar-refractivity contribution is 0.0924. The quantitative estimate of drug-likeness (QED) is 0.321. The van der Waals surface area contributed by atoms with Gasteiger partial charge in [0.2, 0.25) is 11.9 Å². The van der Waals surface area contributed by atoms with Gasteiger partial charge in [0.1, 0.15) is 10.4 Å². The van der Waals surface area contributed by atoms with Crippen LogP contribution in [0.3, 0.4) is 0 Å². The second kappa shape index (κ2) is 11.1. The van der Waals surface area contributed by atoms with E-state index in [-0.39, 0.29) is 11.6 Å². The number of fused-ring (bicyclic) bond motifs is 1. The van der Waals surface area contributed by atoms with E-state index >= 15 is 0 Å². The van der Waals surface area contributed by atoms with E-state index in [4.69, 9.17) is 14.7 Å². The highest BCUT2D eigenvalue weighted by molar-refractivity contribution is 9.10. The number of aromatic nitrogens is 6. The minimum atomic E-state index is -0.241. The van der Waals surface area contributed by atoms with Gasteiger partial charge in [-0.3, -0.25) is 9.78 Å². The van der Waals surface area contributed by atoms with Crippen molar-refractivity contribution in [2.24, 2.45) is 0 Å². The first-order valence-corrected chi connectivity index (χ1v) is 13.8. The third kappa shape index (κ3) is 5.48. The highest BCUT2D eigenvalue weighted by Gasteiger charge is 2.30. The fraction of sp³-hybridized carbons (Fsp3) is 0.333. The molecule has 0 saturated carbocycles. The summed E-state index contributed by atoms with van der Waals surface area (Å²) < 4.78 is 6.25. The third-order valence-electron chi connectivity index (χ3n) is 6.97. The highest BCUT2D eigenvalue weighted by atomic mass is 79.9. The molecular weight excluding hydrogens is 562 g/mol. The molecule has 2 aliphatic heterocycles. The number of halogens is 1. The first-order chi connectivity index (χ1) is 19.1. The van der Waals surface area contributed by atoms with E-state index in [9.17, 15) is 4.79 Å². The van der Waals surface area contributed by atoms with Gasteiger partial charge in [-0.2, -0.15) is 0 Å². The number of H-pyrrole nitrogens is 1. The van der Waals surface area contributed by atoms with E-state index in [2.05, 4.69) is 57.9 Å². The molecule has 12 heteroatoms. The van der Waals surface area contributed by atoms with Crippen LogP contribution in [0.2, 0.25) is 0 Å². The number of rotatable bonds is 6. The number of benzene rings is 1. The molecule has 1 fully saturated rings. The van der Waals surface area contributed by atoms with Crippen molar-refractivity contribution in [1.29, 1.82) is 0 Å². The van der Waals surface area contributed by atoms with Crippen molar-refractivity contribution in [2.75, 3.05) is 41.4 Å². The molecule has 200 valence electrons. The molecule has 39 heavy (non-hydrogen) atoms. The van der Waals surface area contributed by atoms with Gasteiger partial charge in [-0.15, -0.1) is 0 Å². The van der Waals surface area contributed by atoms with Gasteiger partial charge in [-0.25, -0.2) is 24.9 Å². The van der Waals surface area contributed by atoms with Crippen molar-refractivity contribution in [3.05, 3.63) is 75.0 Å². The van der Waals surface area contributed by atoms with Crippen molar-refractivity contribution in [3.8, 4) is 11.4 Å². The molecule has 1 saturated heterocycles. The molecule has 0 spiro atoms. The maximum Gasteiger partial charge on any atom is 0.253 e. The van der Waals surface area contributed by atoms with Crippen molar-refractivity contribution >= 4 is 39.3 Å². The predicted octanol–water partition coefficient (Wildman–Crippen LogP) is 3.70. The molecule has 2 aliphatic rings. The lowest BCUT2D eigenvalue weighted by atomic mass is 10.0. The number of hydrogen-bond donors (Lipinski definition) is 2. The van der Waals surface area contributed by atoms with Crippen LogP contribution in [-0.4, -0.2) is 62.2 Å². The number of ether oxygens (including phenoxy) is 1. The predicted molar refractivity (Wildman–Crippen MR) is 152 cm³/mol. The van der Waals surface area contributed by atoms with Crippen molar-refractivity contribution in [1.82, 2.24) is 29.9 Å². The Kier molecular flexibility index (Phi) is 7.20. The third-order valence-corrected chi connectivity index (χ3v) is 7.37. The van der Waals surface area contributed by atoms with Crippen molar-refractivity contribution in [3.63, 3.8) is 0 Å². The van der Waals surface area contributed by atoms with Gasteiger partial charge in [0, 0.05) is 48.4 Å². The summed E-state index contributed by atoms with van der Waals surface area (Å²) >= 11 is 3.26. The number of nitrogens with one attached hydrogen (secondary N) is 2. The average molecular weight is 590 g/mol. The highest BCUT2D eigenvalue weighted by Crippen LogP contribution is 2.33. The van der Waals surface area contributed by atoms with Gasteiger partial charge in [0.15, 0.2) is 5.82 Å². The molecule has 1 aromatic carbocycles. The Morgan fingerprint density at radius 3 is 2.72 bits per heavy atom. The van der Waals surface area contributed by atoms with Crippen LogP contribution in [0.5, 0.6) is 0 Å². The summed E-state index contributed by atoms with van der Waals surface area (Å²) in [7, 11) is 0. The molecule has 6 rings (SSSR count). The Morgan fingerprint density at radius 1 is 1.13 bits per heavy atom. The van der Waals surface area contributed by atoms with Gasteiger partial charge >= 0.3 is 0 Å². The van der Waals surface area contributed by atoms with Crippen LogP contribution in [-0.2, 0) is 17.7 Å². The average Bonchev–Trinajstić information content (AvgIpc) is 2.96. The number of morpholine rings is 1. The molecule has 0 radical (unpaired) electrons. The molecule has 1 atom stereocenters. The van der Waals surface area contributed by atoms with E-state index in [1.807, 2.05) is 30.3 Å². The monoisotopic (exact) mass is 589 g/mol. The Balaban J connectivity index is 1.35.